The van der Waals surface area contributed by atoms with Crippen molar-refractivity contribution in [1.29, 1.82) is 0 Å². The van der Waals surface area contributed by atoms with Crippen molar-refractivity contribution in [3.63, 3.8) is 0 Å². The lowest BCUT2D eigenvalue weighted by Gasteiger charge is -2.06. The number of hydrogen-bond acceptors (Lipinski definition) is 3. The van der Waals surface area contributed by atoms with Crippen LogP contribution in [0.5, 0.6) is 0 Å². The van der Waals surface area contributed by atoms with Crippen LogP contribution >= 0.6 is 23.4 Å². The van der Waals surface area contributed by atoms with Gasteiger partial charge < -0.3 is 4.98 Å². The second-order valence-electron chi connectivity index (χ2n) is 3.56. The van der Waals surface area contributed by atoms with Gasteiger partial charge in [0.05, 0.1) is 5.69 Å². The first-order chi connectivity index (χ1) is 8.11. The summed E-state index contributed by atoms with van der Waals surface area (Å²) in [5.41, 5.74) is 2.11. The van der Waals surface area contributed by atoms with Gasteiger partial charge in [0.1, 0.15) is 0 Å². The van der Waals surface area contributed by atoms with E-state index in [1.807, 2.05) is 18.4 Å². The van der Waals surface area contributed by atoms with Gasteiger partial charge >= 0.3 is 0 Å². The van der Waals surface area contributed by atoms with Gasteiger partial charge in [-0.15, -0.1) is 0 Å². The molecule has 1 aromatic heterocycles. The van der Waals surface area contributed by atoms with Crippen molar-refractivity contribution in [2.24, 2.45) is 0 Å². The molecule has 1 heterocycles. The Morgan fingerprint density at radius 3 is 2.53 bits per heavy atom. The average molecular weight is 267 g/mol. The highest BCUT2D eigenvalue weighted by Crippen LogP contribution is 2.22. The highest BCUT2D eigenvalue weighted by Gasteiger charge is 2.09. The van der Waals surface area contributed by atoms with E-state index in [4.69, 9.17) is 11.6 Å². The van der Waals surface area contributed by atoms with E-state index < -0.39 is 0 Å². The minimum Gasteiger partial charge on any atom is -0.301 e. The first-order valence-corrected chi connectivity index (χ1v) is 6.63. The van der Waals surface area contributed by atoms with Gasteiger partial charge in [0, 0.05) is 16.1 Å². The number of H-pyrrole nitrogens is 1. The summed E-state index contributed by atoms with van der Waals surface area (Å²) in [7, 11) is 0. The zero-order valence-electron chi connectivity index (χ0n) is 9.45. The molecule has 0 saturated heterocycles. The minimum absolute atomic E-state index is 0.102. The van der Waals surface area contributed by atoms with Gasteiger partial charge in [-0.2, -0.15) is 0 Å². The summed E-state index contributed by atoms with van der Waals surface area (Å²) in [6.45, 7) is 1.76. The van der Waals surface area contributed by atoms with Crippen LogP contribution in [-0.4, -0.2) is 16.2 Å². The Bertz CT molecular complexity index is 592. The van der Waals surface area contributed by atoms with Crippen molar-refractivity contribution in [2.75, 3.05) is 6.26 Å². The maximum Gasteiger partial charge on any atom is 0.255 e. The third kappa shape index (κ3) is 2.53. The van der Waals surface area contributed by atoms with Gasteiger partial charge in [-0.25, -0.2) is 4.98 Å². The molecule has 0 saturated carbocycles. The van der Waals surface area contributed by atoms with Crippen LogP contribution in [0.15, 0.2) is 34.2 Å². The predicted molar refractivity (Wildman–Crippen MR) is 71.8 cm³/mol. The van der Waals surface area contributed by atoms with Crippen molar-refractivity contribution < 1.29 is 0 Å². The third-order valence-corrected chi connectivity index (χ3v) is 3.27. The fraction of sp³-hybridized carbons (Fsp3) is 0.167. The minimum atomic E-state index is -0.102. The maximum absolute atomic E-state index is 11.7. The van der Waals surface area contributed by atoms with Crippen LogP contribution in [0.3, 0.4) is 0 Å². The van der Waals surface area contributed by atoms with Gasteiger partial charge in [-0.1, -0.05) is 35.5 Å². The van der Waals surface area contributed by atoms with Crippen molar-refractivity contribution in [3.8, 4) is 11.3 Å². The zero-order valence-corrected chi connectivity index (χ0v) is 11.0. The fourth-order valence-corrected chi connectivity index (χ4v) is 2.00. The Balaban J connectivity index is 2.62. The summed E-state index contributed by atoms with van der Waals surface area (Å²) in [5, 5.41) is 1.28. The molecule has 0 atom stereocenters. The van der Waals surface area contributed by atoms with Crippen LogP contribution in [0.4, 0.5) is 0 Å². The summed E-state index contributed by atoms with van der Waals surface area (Å²) in [6.07, 6.45) is 1.87. The maximum atomic E-state index is 11.7. The van der Waals surface area contributed by atoms with Crippen molar-refractivity contribution in [3.05, 3.63) is 45.2 Å². The Morgan fingerprint density at radius 2 is 1.94 bits per heavy atom. The lowest BCUT2D eigenvalue weighted by molar-refractivity contribution is 0.926. The Hall–Kier alpha value is -1.26. The van der Waals surface area contributed by atoms with E-state index in [-0.39, 0.29) is 5.56 Å². The van der Waals surface area contributed by atoms with E-state index in [9.17, 15) is 4.79 Å². The lowest BCUT2D eigenvalue weighted by Crippen LogP contribution is -2.13. The average Bonchev–Trinajstić information content (AvgIpc) is 2.34. The molecule has 0 fully saturated rings. The highest BCUT2D eigenvalue weighted by molar-refractivity contribution is 7.98. The van der Waals surface area contributed by atoms with Crippen LogP contribution in [0.25, 0.3) is 11.3 Å². The van der Waals surface area contributed by atoms with E-state index in [0.717, 1.165) is 5.56 Å². The van der Waals surface area contributed by atoms with Crippen LogP contribution in [0.2, 0.25) is 5.02 Å². The molecule has 17 heavy (non-hydrogen) atoms. The third-order valence-electron chi connectivity index (χ3n) is 2.44. The topological polar surface area (TPSA) is 45.8 Å². The van der Waals surface area contributed by atoms with Crippen LogP contribution in [-0.2, 0) is 0 Å². The first-order valence-electron chi connectivity index (χ1n) is 5.02. The summed E-state index contributed by atoms with van der Waals surface area (Å²) in [4.78, 5) is 18.9. The summed E-state index contributed by atoms with van der Waals surface area (Å²) in [5.74, 6) is 0. The van der Waals surface area contributed by atoms with Crippen LogP contribution < -0.4 is 5.56 Å². The van der Waals surface area contributed by atoms with E-state index in [1.165, 1.54) is 11.8 Å². The molecule has 0 amide bonds. The summed E-state index contributed by atoms with van der Waals surface area (Å²) in [6, 6.07) is 7.30. The number of aromatic amines is 1. The second kappa shape index (κ2) is 4.94. The highest BCUT2D eigenvalue weighted by atomic mass is 35.5. The van der Waals surface area contributed by atoms with E-state index in [2.05, 4.69) is 9.97 Å². The van der Waals surface area contributed by atoms with Gasteiger partial charge in [0.25, 0.3) is 5.56 Å². The molecule has 3 nitrogen and oxygen atoms in total. The standard InChI is InChI=1S/C12H11ClN2OS/c1-7-10(8-3-5-9(13)6-4-8)14-12(17-2)15-11(7)16/h3-6H,1-2H3,(H,14,15,16). The Labute approximate surface area is 108 Å². The van der Waals surface area contributed by atoms with E-state index in [1.54, 1.807) is 19.1 Å². The first kappa shape index (κ1) is 12.2. The summed E-state index contributed by atoms with van der Waals surface area (Å²) >= 11 is 7.25. The molecule has 2 rings (SSSR count). The molecule has 0 aliphatic heterocycles. The Morgan fingerprint density at radius 1 is 1.29 bits per heavy atom. The fourth-order valence-electron chi connectivity index (χ4n) is 1.50. The molecule has 1 aromatic carbocycles. The SMILES string of the molecule is CSc1nc(-c2ccc(Cl)cc2)c(C)c(=O)[nH]1. The van der Waals surface area contributed by atoms with E-state index in [0.29, 0.717) is 21.4 Å². The van der Waals surface area contributed by atoms with Crippen molar-refractivity contribution in [2.45, 2.75) is 12.1 Å². The number of aromatic nitrogens is 2. The van der Waals surface area contributed by atoms with Crippen LogP contribution in [0.1, 0.15) is 5.56 Å². The van der Waals surface area contributed by atoms with Gasteiger partial charge in [0.15, 0.2) is 5.16 Å². The quantitative estimate of drug-likeness (QED) is 0.671. The Kier molecular flexibility index (Phi) is 3.54. The molecule has 0 unspecified atom stereocenters. The largest absolute Gasteiger partial charge is 0.301 e. The number of thioether (sulfide) groups is 1. The van der Waals surface area contributed by atoms with Crippen LogP contribution in [0, 0.1) is 6.92 Å². The molecule has 5 heteroatoms. The molecule has 0 aliphatic rings. The number of hydrogen-bond donors (Lipinski definition) is 1. The molecule has 2 aromatic rings. The number of halogens is 1. The molecule has 0 aliphatic carbocycles. The number of benzene rings is 1. The molecule has 0 spiro atoms. The molecule has 1 N–H and O–H groups in total. The normalized spacial score (nSPS) is 10.5. The number of nitrogens with one attached hydrogen (secondary N) is 1. The van der Waals surface area contributed by atoms with Gasteiger partial charge in [-0.3, -0.25) is 4.79 Å². The number of rotatable bonds is 2. The molecular formula is C12H11ClN2OS. The van der Waals surface area contributed by atoms with Gasteiger partial charge in [-0.05, 0) is 25.3 Å². The van der Waals surface area contributed by atoms with Crippen molar-refractivity contribution >= 4 is 23.4 Å². The van der Waals surface area contributed by atoms with Crippen molar-refractivity contribution in [1.82, 2.24) is 9.97 Å². The predicted octanol–water partition coefficient (Wildman–Crippen LogP) is 3.12. The second-order valence-corrected chi connectivity index (χ2v) is 4.79. The smallest absolute Gasteiger partial charge is 0.255 e. The van der Waals surface area contributed by atoms with Gasteiger partial charge in [0.2, 0.25) is 0 Å². The monoisotopic (exact) mass is 266 g/mol. The molecule has 0 radical (unpaired) electrons. The van der Waals surface area contributed by atoms with E-state index >= 15 is 0 Å². The molecule has 88 valence electrons. The number of nitrogens with zero attached hydrogens (tertiary/aromatic N) is 1. The summed E-state index contributed by atoms with van der Waals surface area (Å²) < 4.78 is 0. The molecule has 0 bridgehead atoms. The zero-order chi connectivity index (χ0) is 12.4. The molecular weight excluding hydrogens is 256 g/mol. The lowest BCUT2D eigenvalue weighted by atomic mass is 10.1.